The fraction of sp³-hybridized carbons (Fsp3) is 0.222. The molecule has 2 nitrogen and oxygen atoms in total. The van der Waals surface area contributed by atoms with Gasteiger partial charge in [0.2, 0.25) is 0 Å². The molecule has 0 heterocycles. The number of hydrogen-bond acceptors (Lipinski definition) is 2. The van der Waals surface area contributed by atoms with Gasteiger partial charge < -0.3 is 10.4 Å². The second-order valence-electron chi connectivity index (χ2n) is 5.15. The Balaban J connectivity index is 2.33. The van der Waals surface area contributed by atoms with Crippen LogP contribution in [0, 0.1) is 12.8 Å². The van der Waals surface area contributed by atoms with Gasteiger partial charge in [0.1, 0.15) is 5.75 Å². The minimum absolute atomic E-state index is 0.0846. The van der Waals surface area contributed by atoms with Gasteiger partial charge in [0.15, 0.2) is 0 Å². The van der Waals surface area contributed by atoms with Gasteiger partial charge >= 0.3 is 0 Å². The first-order valence-electron chi connectivity index (χ1n) is 6.85. The summed E-state index contributed by atoms with van der Waals surface area (Å²) in [7, 11) is 0. The summed E-state index contributed by atoms with van der Waals surface area (Å²) in [6.45, 7) is 8.01. The van der Waals surface area contributed by atoms with Gasteiger partial charge in [0.05, 0.1) is 11.7 Å². The van der Waals surface area contributed by atoms with Gasteiger partial charge in [-0.2, -0.15) is 0 Å². The number of rotatable bonds is 5. The highest BCUT2D eigenvalue weighted by atomic mass is 16.3. The predicted molar refractivity (Wildman–Crippen MR) is 85.0 cm³/mol. The Hall–Kier alpha value is -2.22. The summed E-state index contributed by atoms with van der Waals surface area (Å²) >= 11 is 0. The Morgan fingerprint density at radius 3 is 2.50 bits per heavy atom. The molecule has 0 amide bonds. The maximum Gasteiger partial charge on any atom is 0.138 e. The van der Waals surface area contributed by atoms with Crippen molar-refractivity contribution in [2.24, 2.45) is 5.92 Å². The molecule has 0 unspecified atom stereocenters. The topological polar surface area (TPSA) is 32.3 Å². The van der Waals surface area contributed by atoms with Crippen LogP contribution < -0.4 is 5.32 Å². The third-order valence-electron chi connectivity index (χ3n) is 3.52. The second-order valence-corrected chi connectivity index (χ2v) is 5.15. The molecule has 2 heteroatoms. The third-order valence-corrected chi connectivity index (χ3v) is 3.52. The Bertz CT molecular complexity index is 577. The number of phenolic OH excluding ortho intramolecular Hbond substituents is 1. The minimum Gasteiger partial charge on any atom is -0.506 e. The van der Waals surface area contributed by atoms with Crippen molar-refractivity contribution in [3.05, 3.63) is 72.3 Å². The molecule has 0 saturated heterocycles. The fourth-order valence-electron chi connectivity index (χ4n) is 2.25. The van der Waals surface area contributed by atoms with Crippen molar-refractivity contribution in [2.45, 2.75) is 19.9 Å². The molecule has 2 atom stereocenters. The standard InChI is InChI=1S/C18H21NO/c1-4-14(3)18(15-8-6-5-7-9-15)19-16-12-13(2)10-11-17(16)20/h4-12,14,18-20H,1H2,2-3H3/t14-,18-/m0/s1. The van der Waals surface area contributed by atoms with Crippen LogP contribution in [0.4, 0.5) is 5.69 Å². The molecule has 0 aliphatic rings. The monoisotopic (exact) mass is 267 g/mol. The molecule has 20 heavy (non-hydrogen) atoms. The molecule has 2 N–H and O–H groups in total. The van der Waals surface area contributed by atoms with Crippen molar-refractivity contribution >= 4 is 5.69 Å². The van der Waals surface area contributed by atoms with Gasteiger partial charge in [0.25, 0.3) is 0 Å². The second kappa shape index (κ2) is 6.29. The zero-order valence-electron chi connectivity index (χ0n) is 12.0. The maximum atomic E-state index is 10.00. The van der Waals surface area contributed by atoms with E-state index in [0.29, 0.717) is 0 Å². The van der Waals surface area contributed by atoms with E-state index in [1.54, 1.807) is 6.07 Å². The van der Waals surface area contributed by atoms with Crippen LogP contribution in [0.2, 0.25) is 0 Å². The normalized spacial score (nSPS) is 13.5. The predicted octanol–water partition coefficient (Wildman–Crippen LogP) is 4.68. The number of benzene rings is 2. The summed E-state index contributed by atoms with van der Waals surface area (Å²) < 4.78 is 0. The number of phenols is 1. The zero-order valence-corrected chi connectivity index (χ0v) is 12.0. The first-order valence-corrected chi connectivity index (χ1v) is 6.85. The van der Waals surface area contributed by atoms with Gasteiger partial charge in [-0.15, -0.1) is 6.58 Å². The average molecular weight is 267 g/mol. The Labute approximate surface area is 120 Å². The summed E-state index contributed by atoms with van der Waals surface area (Å²) in [4.78, 5) is 0. The van der Waals surface area contributed by atoms with Crippen LogP contribution in [-0.4, -0.2) is 5.11 Å². The molecule has 0 aliphatic heterocycles. The van der Waals surface area contributed by atoms with Crippen molar-refractivity contribution in [2.75, 3.05) is 5.32 Å². The molecule has 2 aromatic carbocycles. The van der Waals surface area contributed by atoms with E-state index in [1.165, 1.54) is 5.56 Å². The molecular weight excluding hydrogens is 246 g/mol. The van der Waals surface area contributed by atoms with E-state index in [-0.39, 0.29) is 17.7 Å². The zero-order chi connectivity index (χ0) is 14.5. The van der Waals surface area contributed by atoms with E-state index in [9.17, 15) is 5.11 Å². The lowest BCUT2D eigenvalue weighted by molar-refractivity contribution is 0.474. The van der Waals surface area contributed by atoms with Crippen molar-refractivity contribution < 1.29 is 5.11 Å². The summed E-state index contributed by atoms with van der Waals surface area (Å²) in [6.07, 6.45) is 1.93. The molecule has 2 aromatic rings. The lowest BCUT2D eigenvalue weighted by Crippen LogP contribution is -2.17. The average Bonchev–Trinajstić information content (AvgIpc) is 2.48. The summed E-state index contributed by atoms with van der Waals surface area (Å²) in [6, 6.07) is 15.9. The van der Waals surface area contributed by atoms with Crippen LogP contribution >= 0.6 is 0 Å². The van der Waals surface area contributed by atoms with Crippen LogP contribution in [0.5, 0.6) is 5.75 Å². The first kappa shape index (κ1) is 14.2. The number of anilines is 1. The molecule has 2 rings (SSSR count). The van der Waals surface area contributed by atoms with E-state index in [0.717, 1.165) is 11.3 Å². The van der Waals surface area contributed by atoms with Crippen LogP contribution in [0.1, 0.15) is 24.1 Å². The molecule has 0 aromatic heterocycles. The minimum atomic E-state index is 0.0846. The number of aryl methyl sites for hydroxylation is 1. The Morgan fingerprint density at radius 1 is 1.15 bits per heavy atom. The first-order chi connectivity index (χ1) is 9.61. The lowest BCUT2D eigenvalue weighted by atomic mass is 9.94. The van der Waals surface area contributed by atoms with Crippen molar-refractivity contribution in [3.8, 4) is 5.75 Å². The van der Waals surface area contributed by atoms with E-state index >= 15 is 0 Å². The van der Waals surface area contributed by atoms with E-state index in [1.807, 2.05) is 43.3 Å². The lowest BCUT2D eigenvalue weighted by Gasteiger charge is -2.25. The third kappa shape index (κ3) is 3.21. The Kier molecular flexibility index (Phi) is 4.46. The van der Waals surface area contributed by atoms with Crippen molar-refractivity contribution in [1.29, 1.82) is 0 Å². The molecule has 0 radical (unpaired) electrons. The highest BCUT2D eigenvalue weighted by Gasteiger charge is 2.17. The quantitative estimate of drug-likeness (QED) is 0.609. The van der Waals surface area contributed by atoms with Gasteiger partial charge in [0, 0.05) is 0 Å². The highest BCUT2D eigenvalue weighted by molar-refractivity contribution is 5.58. The summed E-state index contributed by atoms with van der Waals surface area (Å²) in [5.41, 5.74) is 3.05. The number of nitrogens with one attached hydrogen (secondary N) is 1. The van der Waals surface area contributed by atoms with Crippen molar-refractivity contribution in [1.82, 2.24) is 0 Å². The SMILES string of the molecule is C=C[C@H](C)[C@H](Nc1cc(C)ccc1O)c1ccccc1. The summed E-state index contributed by atoms with van der Waals surface area (Å²) in [5, 5.41) is 13.4. The largest absolute Gasteiger partial charge is 0.506 e. The smallest absolute Gasteiger partial charge is 0.138 e. The van der Waals surface area contributed by atoms with Gasteiger partial charge in [-0.25, -0.2) is 0 Å². The maximum absolute atomic E-state index is 10.00. The van der Waals surface area contributed by atoms with Crippen LogP contribution in [0.3, 0.4) is 0 Å². The van der Waals surface area contributed by atoms with E-state index in [2.05, 4.69) is 31.0 Å². The molecule has 0 bridgehead atoms. The number of aromatic hydroxyl groups is 1. The van der Waals surface area contributed by atoms with Gasteiger partial charge in [-0.1, -0.05) is 49.4 Å². The highest BCUT2D eigenvalue weighted by Crippen LogP contribution is 2.32. The van der Waals surface area contributed by atoms with Crippen LogP contribution in [-0.2, 0) is 0 Å². The fourth-order valence-corrected chi connectivity index (χ4v) is 2.25. The number of hydrogen-bond donors (Lipinski definition) is 2. The van der Waals surface area contributed by atoms with Crippen LogP contribution in [0.15, 0.2) is 61.2 Å². The van der Waals surface area contributed by atoms with E-state index < -0.39 is 0 Å². The van der Waals surface area contributed by atoms with Gasteiger partial charge in [-0.05, 0) is 36.1 Å². The molecule has 104 valence electrons. The van der Waals surface area contributed by atoms with Gasteiger partial charge in [-0.3, -0.25) is 0 Å². The van der Waals surface area contributed by atoms with E-state index in [4.69, 9.17) is 0 Å². The summed E-state index contributed by atoms with van der Waals surface area (Å²) in [5.74, 6) is 0.519. The van der Waals surface area contributed by atoms with Crippen LogP contribution in [0.25, 0.3) is 0 Å². The Morgan fingerprint density at radius 2 is 1.85 bits per heavy atom. The molecule has 0 aliphatic carbocycles. The molecule has 0 fully saturated rings. The molecule has 0 spiro atoms. The molecular formula is C18H21NO. The molecule has 0 saturated carbocycles. The van der Waals surface area contributed by atoms with Crippen molar-refractivity contribution in [3.63, 3.8) is 0 Å².